The average Bonchev–Trinajstić information content (AvgIpc) is 3.13. The number of rotatable bonds is 4. The number of nitrogens with one attached hydrogen (secondary N) is 1. The van der Waals surface area contributed by atoms with E-state index in [2.05, 4.69) is 4.98 Å². The van der Waals surface area contributed by atoms with Gasteiger partial charge in [0.2, 0.25) is 12.5 Å². The van der Waals surface area contributed by atoms with Gasteiger partial charge in [0.15, 0.2) is 15.5 Å². The minimum absolute atomic E-state index is 0.167. The van der Waals surface area contributed by atoms with Crippen LogP contribution in [0, 0.1) is 3.95 Å². The first-order chi connectivity index (χ1) is 11.6. The fraction of sp³-hybridized carbons (Fsp3) is 0.250. The van der Waals surface area contributed by atoms with Crippen LogP contribution >= 0.6 is 23.6 Å². The average molecular weight is 365 g/mol. The summed E-state index contributed by atoms with van der Waals surface area (Å²) in [4.78, 5) is 14.7. The van der Waals surface area contributed by atoms with Gasteiger partial charge in [-0.25, -0.2) is 4.79 Å². The first-order valence-corrected chi connectivity index (χ1v) is 8.40. The van der Waals surface area contributed by atoms with Gasteiger partial charge in [-0.2, -0.15) is 0 Å². The SMILES string of the molecule is CCOC(=O)/C=c1\[nH]c(=S)s\c1=C/c1cc(OC)c2c(c1)OCO2. The molecule has 0 atom stereocenters. The monoisotopic (exact) mass is 365 g/mol. The molecule has 6 nitrogen and oxygen atoms in total. The third kappa shape index (κ3) is 3.44. The Hall–Kier alpha value is -2.32. The second kappa shape index (κ2) is 7.06. The summed E-state index contributed by atoms with van der Waals surface area (Å²) < 4.78 is 22.5. The maximum atomic E-state index is 11.7. The van der Waals surface area contributed by atoms with Gasteiger partial charge in [0.05, 0.1) is 23.6 Å². The van der Waals surface area contributed by atoms with Crippen LogP contribution in [0.15, 0.2) is 12.1 Å². The molecule has 3 rings (SSSR count). The molecule has 1 aliphatic heterocycles. The van der Waals surface area contributed by atoms with Gasteiger partial charge in [-0.1, -0.05) is 0 Å². The fourth-order valence-corrected chi connectivity index (χ4v) is 3.41. The van der Waals surface area contributed by atoms with Gasteiger partial charge in [-0.05, 0) is 42.9 Å². The molecule has 0 fully saturated rings. The zero-order chi connectivity index (χ0) is 17.1. The van der Waals surface area contributed by atoms with Crippen molar-refractivity contribution in [1.82, 2.24) is 4.98 Å². The quantitative estimate of drug-likeness (QED) is 0.657. The van der Waals surface area contributed by atoms with Gasteiger partial charge in [0.1, 0.15) is 0 Å². The van der Waals surface area contributed by atoms with E-state index in [0.717, 1.165) is 10.1 Å². The van der Waals surface area contributed by atoms with Crippen molar-refractivity contribution in [3.05, 3.63) is 31.5 Å². The lowest BCUT2D eigenvalue weighted by molar-refractivity contribution is -0.135. The zero-order valence-corrected chi connectivity index (χ0v) is 14.7. The lowest BCUT2D eigenvalue weighted by atomic mass is 10.1. The van der Waals surface area contributed by atoms with E-state index >= 15 is 0 Å². The molecular formula is C16H15NO5S2. The first kappa shape index (κ1) is 16.5. The summed E-state index contributed by atoms with van der Waals surface area (Å²) in [7, 11) is 1.57. The van der Waals surface area contributed by atoms with Crippen molar-refractivity contribution in [2.75, 3.05) is 20.5 Å². The lowest BCUT2D eigenvalue weighted by Gasteiger charge is -2.05. The van der Waals surface area contributed by atoms with Crippen LogP contribution in [-0.4, -0.2) is 31.5 Å². The van der Waals surface area contributed by atoms with Crippen LogP contribution in [0.4, 0.5) is 0 Å². The topological polar surface area (TPSA) is 69.8 Å². The molecule has 2 heterocycles. The highest BCUT2D eigenvalue weighted by atomic mass is 32.1. The summed E-state index contributed by atoms with van der Waals surface area (Å²) >= 11 is 6.55. The summed E-state index contributed by atoms with van der Waals surface area (Å²) in [6.07, 6.45) is 3.29. The minimum atomic E-state index is -0.417. The van der Waals surface area contributed by atoms with Crippen LogP contribution in [-0.2, 0) is 9.53 Å². The molecule has 8 heteroatoms. The maximum absolute atomic E-state index is 11.7. The van der Waals surface area contributed by atoms with Crippen molar-refractivity contribution in [1.29, 1.82) is 0 Å². The Bertz CT molecular complexity index is 944. The molecule has 24 heavy (non-hydrogen) atoms. The molecule has 0 bridgehead atoms. The molecule has 2 aromatic rings. The highest BCUT2D eigenvalue weighted by molar-refractivity contribution is 7.73. The number of benzene rings is 1. The Labute approximate surface area is 146 Å². The third-order valence-electron chi connectivity index (χ3n) is 3.23. The van der Waals surface area contributed by atoms with E-state index in [-0.39, 0.29) is 6.79 Å². The number of aromatic nitrogens is 1. The third-order valence-corrected chi connectivity index (χ3v) is 4.43. The number of ether oxygens (including phenoxy) is 4. The highest BCUT2D eigenvalue weighted by Crippen LogP contribution is 2.41. The molecule has 1 aromatic carbocycles. The standard InChI is InChI=1S/C16H15NO5S2/c1-3-20-14(18)7-10-13(24-16(23)17-10)6-9-4-11(19-2)15-12(5-9)21-8-22-15/h4-7H,3,8H2,1-2H3,(H,17,23)/b10-7-,13-6-. The molecule has 1 aliphatic rings. The predicted molar refractivity (Wildman–Crippen MR) is 92.5 cm³/mol. The van der Waals surface area contributed by atoms with Crippen LogP contribution < -0.4 is 24.1 Å². The normalized spacial score (nSPS) is 14.1. The number of hydrogen-bond acceptors (Lipinski definition) is 7. The Balaban J connectivity index is 2.10. The number of esters is 1. The van der Waals surface area contributed by atoms with Crippen LogP contribution in [0.2, 0.25) is 0 Å². The number of aromatic amines is 1. The Kier molecular flexibility index (Phi) is 4.86. The van der Waals surface area contributed by atoms with Crippen LogP contribution in [0.25, 0.3) is 12.2 Å². The van der Waals surface area contributed by atoms with Gasteiger partial charge in [0.25, 0.3) is 0 Å². The Morgan fingerprint density at radius 3 is 3.04 bits per heavy atom. The van der Waals surface area contributed by atoms with Gasteiger partial charge >= 0.3 is 5.97 Å². The number of fused-ring (bicyclic) bond motifs is 1. The number of methoxy groups -OCH3 is 1. The van der Waals surface area contributed by atoms with Crippen molar-refractivity contribution in [3.8, 4) is 17.2 Å². The van der Waals surface area contributed by atoms with Crippen molar-refractivity contribution in [2.24, 2.45) is 0 Å². The summed E-state index contributed by atoms with van der Waals surface area (Å²) in [6, 6.07) is 3.69. The van der Waals surface area contributed by atoms with E-state index in [1.807, 2.05) is 18.2 Å². The fourth-order valence-electron chi connectivity index (χ4n) is 2.25. The van der Waals surface area contributed by atoms with E-state index in [1.54, 1.807) is 14.0 Å². The number of carbonyl (C=O) groups excluding carboxylic acids is 1. The summed E-state index contributed by atoms with van der Waals surface area (Å²) in [5.41, 5.74) is 0.847. The number of H-pyrrole nitrogens is 1. The molecule has 0 saturated heterocycles. The van der Waals surface area contributed by atoms with Gasteiger partial charge in [-0.15, -0.1) is 11.3 Å². The van der Waals surface area contributed by atoms with Crippen molar-refractivity contribution < 1.29 is 23.7 Å². The molecular weight excluding hydrogens is 350 g/mol. The molecule has 0 amide bonds. The zero-order valence-electron chi connectivity index (χ0n) is 13.1. The van der Waals surface area contributed by atoms with Gasteiger partial charge < -0.3 is 23.9 Å². The number of thiazole rings is 1. The van der Waals surface area contributed by atoms with Crippen molar-refractivity contribution in [2.45, 2.75) is 6.92 Å². The van der Waals surface area contributed by atoms with Crippen LogP contribution in [0.3, 0.4) is 0 Å². The largest absolute Gasteiger partial charge is 0.493 e. The van der Waals surface area contributed by atoms with E-state index in [9.17, 15) is 4.79 Å². The van der Waals surface area contributed by atoms with Crippen LogP contribution in [0.1, 0.15) is 12.5 Å². The van der Waals surface area contributed by atoms with Gasteiger partial charge in [-0.3, -0.25) is 0 Å². The van der Waals surface area contributed by atoms with Crippen molar-refractivity contribution in [3.63, 3.8) is 0 Å². The molecule has 1 aromatic heterocycles. The minimum Gasteiger partial charge on any atom is -0.493 e. The van der Waals surface area contributed by atoms with Crippen molar-refractivity contribution >= 4 is 41.7 Å². The Morgan fingerprint density at radius 1 is 1.46 bits per heavy atom. The lowest BCUT2D eigenvalue weighted by Crippen LogP contribution is -2.23. The van der Waals surface area contributed by atoms with E-state index in [0.29, 0.717) is 33.2 Å². The summed E-state index contributed by atoms with van der Waals surface area (Å²) in [5.74, 6) is 1.39. The highest BCUT2D eigenvalue weighted by Gasteiger charge is 2.19. The molecule has 1 N–H and O–H groups in total. The second-order valence-corrected chi connectivity index (χ2v) is 6.51. The smallest absolute Gasteiger partial charge is 0.332 e. The second-order valence-electron chi connectivity index (χ2n) is 4.79. The van der Waals surface area contributed by atoms with E-state index in [1.165, 1.54) is 17.4 Å². The molecule has 0 spiro atoms. The number of hydrogen-bond donors (Lipinski definition) is 1. The van der Waals surface area contributed by atoms with E-state index in [4.69, 9.17) is 31.2 Å². The molecule has 0 unspecified atom stereocenters. The molecule has 0 aliphatic carbocycles. The molecule has 0 saturated carbocycles. The predicted octanol–water partition coefficient (Wildman–Crippen LogP) is 1.72. The first-order valence-electron chi connectivity index (χ1n) is 7.17. The summed E-state index contributed by atoms with van der Waals surface area (Å²) in [6.45, 7) is 2.24. The van der Waals surface area contributed by atoms with Gasteiger partial charge in [0, 0.05) is 6.08 Å². The number of carbonyl (C=O) groups is 1. The van der Waals surface area contributed by atoms with Crippen LogP contribution in [0.5, 0.6) is 17.2 Å². The summed E-state index contributed by atoms with van der Waals surface area (Å²) in [5, 5.41) is 0.611. The maximum Gasteiger partial charge on any atom is 0.332 e. The Morgan fingerprint density at radius 2 is 2.29 bits per heavy atom. The molecule has 0 radical (unpaired) electrons. The molecule has 126 valence electrons. The van der Waals surface area contributed by atoms with E-state index < -0.39 is 5.97 Å².